The van der Waals surface area contributed by atoms with Gasteiger partial charge < -0.3 is 5.32 Å². The number of hydrogen-bond acceptors (Lipinski definition) is 2. The van der Waals surface area contributed by atoms with Gasteiger partial charge in [-0.25, -0.2) is 13.2 Å². The molecule has 0 aromatic heterocycles. The molecule has 3 rings (SSSR count). The molecular formula is C15H21Cl2F3N2. The van der Waals surface area contributed by atoms with Gasteiger partial charge in [0.05, 0.1) is 0 Å². The highest BCUT2D eigenvalue weighted by Gasteiger charge is 2.35. The molecule has 0 radical (unpaired) electrons. The predicted molar refractivity (Wildman–Crippen MR) is 85.3 cm³/mol. The van der Waals surface area contributed by atoms with Crippen molar-refractivity contribution in [3.8, 4) is 0 Å². The van der Waals surface area contributed by atoms with E-state index in [1.807, 2.05) is 0 Å². The van der Waals surface area contributed by atoms with Gasteiger partial charge in [-0.1, -0.05) is 6.42 Å². The topological polar surface area (TPSA) is 15.3 Å². The first kappa shape index (κ1) is 19.6. The molecule has 126 valence electrons. The zero-order chi connectivity index (χ0) is 14.1. The van der Waals surface area contributed by atoms with Crippen molar-refractivity contribution in [3.63, 3.8) is 0 Å². The molecule has 0 amide bonds. The van der Waals surface area contributed by atoms with Crippen molar-refractivity contribution >= 4 is 24.8 Å². The highest BCUT2D eigenvalue weighted by atomic mass is 35.5. The van der Waals surface area contributed by atoms with Crippen LogP contribution < -0.4 is 5.32 Å². The second-order valence-corrected chi connectivity index (χ2v) is 5.71. The average Bonchev–Trinajstić information content (AvgIpc) is 2.39. The fourth-order valence-corrected chi connectivity index (χ4v) is 3.23. The van der Waals surface area contributed by atoms with E-state index in [2.05, 4.69) is 10.2 Å². The minimum absolute atomic E-state index is 0. The standard InChI is InChI=1S/C15H19F3N2.2ClH/c16-12-9-14(18)13(17)8-11(12)15(10-2-1-3-10)20-6-4-19-5-7-20;;/h8-10,15,19H,1-7H2;2*1H/t15-;;/m1../s1. The Morgan fingerprint density at radius 2 is 1.55 bits per heavy atom. The summed E-state index contributed by atoms with van der Waals surface area (Å²) in [4.78, 5) is 2.20. The SMILES string of the molecule is Cl.Cl.Fc1cc(F)c([C@@H](C2CCC2)N2CCNCC2)cc1F. The molecule has 1 aliphatic carbocycles. The van der Waals surface area contributed by atoms with E-state index in [4.69, 9.17) is 0 Å². The first-order valence-corrected chi connectivity index (χ1v) is 7.26. The van der Waals surface area contributed by atoms with Gasteiger partial charge >= 0.3 is 0 Å². The smallest absolute Gasteiger partial charge is 0.161 e. The fraction of sp³-hybridized carbons (Fsp3) is 0.600. The summed E-state index contributed by atoms with van der Waals surface area (Å²) in [6.45, 7) is 3.35. The van der Waals surface area contributed by atoms with Gasteiger partial charge in [0.15, 0.2) is 11.6 Å². The lowest BCUT2D eigenvalue weighted by Gasteiger charge is -2.43. The molecular weight excluding hydrogens is 336 g/mol. The van der Waals surface area contributed by atoms with E-state index in [9.17, 15) is 13.2 Å². The molecule has 1 atom stereocenters. The molecule has 1 N–H and O–H groups in total. The number of piperazine rings is 1. The van der Waals surface area contributed by atoms with Crippen LogP contribution in [-0.2, 0) is 0 Å². The summed E-state index contributed by atoms with van der Waals surface area (Å²) in [6.07, 6.45) is 3.21. The first-order chi connectivity index (χ1) is 9.66. The van der Waals surface area contributed by atoms with Crippen molar-refractivity contribution in [2.75, 3.05) is 26.2 Å². The van der Waals surface area contributed by atoms with Crippen LogP contribution in [0.5, 0.6) is 0 Å². The van der Waals surface area contributed by atoms with Crippen molar-refractivity contribution in [3.05, 3.63) is 35.1 Å². The Morgan fingerprint density at radius 3 is 2.09 bits per heavy atom. The van der Waals surface area contributed by atoms with Gasteiger partial charge in [-0.15, -0.1) is 24.8 Å². The van der Waals surface area contributed by atoms with Crippen molar-refractivity contribution in [2.24, 2.45) is 5.92 Å². The quantitative estimate of drug-likeness (QED) is 0.830. The largest absolute Gasteiger partial charge is 0.314 e. The van der Waals surface area contributed by atoms with Crippen molar-refractivity contribution in [1.29, 1.82) is 0 Å². The second-order valence-electron chi connectivity index (χ2n) is 5.71. The van der Waals surface area contributed by atoms with Gasteiger partial charge in [-0.3, -0.25) is 4.90 Å². The highest BCUT2D eigenvalue weighted by molar-refractivity contribution is 5.85. The monoisotopic (exact) mass is 356 g/mol. The van der Waals surface area contributed by atoms with Gasteiger partial charge in [-0.05, 0) is 24.8 Å². The second kappa shape index (κ2) is 8.39. The lowest BCUT2D eigenvalue weighted by Crippen LogP contribution is -2.48. The van der Waals surface area contributed by atoms with Gasteiger partial charge in [0.2, 0.25) is 0 Å². The van der Waals surface area contributed by atoms with E-state index >= 15 is 0 Å². The number of rotatable bonds is 3. The Kier molecular flexibility index (Phi) is 7.46. The number of nitrogens with one attached hydrogen (secondary N) is 1. The number of hydrogen-bond donors (Lipinski definition) is 1. The van der Waals surface area contributed by atoms with Gasteiger partial charge in [0.25, 0.3) is 0 Å². The molecule has 2 fully saturated rings. The molecule has 1 aromatic carbocycles. The first-order valence-electron chi connectivity index (χ1n) is 7.26. The summed E-state index contributed by atoms with van der Waals surface area (Å²) < 4.78 is 40.7. The summed E-state index contributed by atoms with van der Waals surface area (Å²) in [6, 6.07) is 1.61. The average molecular weight is 357 g/mol. The summed E-state index contributed by atoms with van der Waals surface area (Å²) in [5.74, 6) is -2.34. The molecule has 1 heterocycles. The maximum absolute atomic E-state index is 14.1. The lowest BCUT2D eigenvalue weighted by atomic mass is 9.76. The Bertz CT molecular complexity index is 492. The fourth-order valence-electron chi connectivity index (χ4n) is 3.23. The zero-order valence-electron chi connectivity index (χ0n) is 12.2. The van der Waals surface area contributed by atoms with Crippen LogP contribution in [0.3, 0.4) is 0 Å². The summed E-state index contributed by atoms with van der Waals surface area (Å²) >= 11 is 0. The molecule has 1 saturated heterocycles. The Hall–Kier alpha value is -0.490. The van der Waals surface area contributed by atoms with Crippen LogP contribution >= 0.6 is 24.8 Å². The van der Waals surface area contributed by atoms with Crippen LogP contribution in [0.1, 0.15) is 30.9 Å². The lowest BCUT2D eigenvalue weighted by molar-refractivity contribution is 0.0808. The van der Waals surface area contributed by atoms with Gasteiger partial charge in [0.1, 0.15) is 5.82 Å². The zero-order valence-corrected chi connectivity index (χ0v) is 13.8. The minimum Gasteiger partial charge on any atom is -0.314 e. The highest BCUT2D eigenvalue weighted by Crippen LogP contribution is 2.42. The Morgan fingerprint density at radius 1 is 0.955 bits per heavy atom. The third kappa shape index (κ3) is 3.88. The maximum atomic E-state index is 14.1. The molecule has 0 unspecified atom stereocenters. The normalized spacial score (nSPS) is 20.5. The molecule has 1 saturated carbocycles. The van der Waals surface area contributed by atoms with E-state index in [0.29, 0.717) is 17.5 Å². The molecule has 1 aromatic rings. The minimum atomic E-state index is -1.11. The molecule has 7 heteroatoms. The third-order valence-corrected chi connectivity index (χ3v) is 4.50. The van der Waals surface area contributed by atoms with Crippen LogP contribution in [0.2, 0.25) is 0 Å². The van der Waals surface area contributed by atoms with E-state index in [-0.39, 0.29) is 30.9 Å². The molecule has 1 aliphatic heterocycles. The van der Waals surface area contributed by atoms with Crippen molar-refractivity contribution in [1.82, 2.24) is 10.2 Å². The van der Waals surface area contributed by atoms with Crippen molar-refractivity contribution in [2.45, 2.75) is 25.3 Å². The number of halogens is 5. The van der Waals surface area contributed by atoms with Gasteiger partial charge in [-0.2, -0.15) is 0 Å². The summed E-state index contributed by atoms with van der Waals surface area (Å²) in [7, 11) is 0. The Balaban J connectivity index is 0.00000121. The van der Waals surface area contributed by atoms with Crippen LogP contribution in [0, 0.1) is 23.4 Å². The maximum Gasteiger partial charge on any atom is 0.161 e. The van der Waals surface area contributed by atoms with Crippen LogP contribution in [0.15, 0.2) is 12.1 Å². The predicted octanol–water partition coefficient (Wildman–Crippen LogP) is 3.69. The van der Waals surface area contributed by atoms with E-state index in [0.717, 1.165) is 51.5 Å². The molecule has 2 nitrogen and oxygen atoms in total. The van der Waals surface area contributed by atoms with Crippen LogP contribution in [-0.4, -0.2) is 31.1 Å². The van der Waals surface area contributed by atoms with Crippen LogP contribution in [0.25, 0.3) is 0 Å². The number of benzene rings is 1. The van der Waals surface area contributed by atoms with E-state index in [1.54, 1.807) is 0 Å². The van der Waals surface area contributed by atoms with E-state index in [1.165, 1.54) is 0 Å². The molecule has 0 bridgehead atoms. The summed E-state index contributed by atoms with van der Waals surface area (Å²) in [5.41, 5.74) is 0.315. The van der Waals surface area contributed by atoms with Gasteiger partial charge in [0, 0.05) is 43.9 Å². The molecule has 22 heavy (non-hydrogen) atoms. The Labute approximate surface area is 141 Å². The molecule has 2 aliphatic rings. The number of nitrogens with zero attached hydrogens (tertiary/aromatic N) is 1. The van der Waals surface area contributed by atoms with Crippen LogP contribution in [0.4, 0.5) is 13.2 Å². The third-order valence-electron chi connectivity index (χ3n) is 4.50. The van der Waals surface area contributed by atoms with E-state index < -0.39 is 17.5 Å². The summed E-state index contributed by atoms with van der Waals surface area (Å²) in [5, 5.41) is 3.26. The molecule has 0 spiro atoms. The van der Waals surface area contributed by atoms with Crippen molar-refractivity contribution < 1.29 is 13.2 Å².